The van der Waals surface area contributed by atoms with Crippen molar-refractivity contribution < 1.29 is 18.7 Å². The van der Waals surface area contributed by atoms with Gasteiger partial charge < -0.3 is 18.8 Å². The molecule has 0 atom stereocenters. The topological polar surface area (TPSA) is 95.5 Å². The predicted molar refractivity (Wildman–Crippen MR) is 161 cm³/mol. The van der Waals surface area contributed by atoms with Crippen molar-refractivity contribution in [2.75, 3.05) is 27.8 Å². The van der Waals surface area contributed by atoms with Crippen molar-refractivity contribution in [2.45, 2.75) is 17.3 Å². The summed E-state index contributed by atoms with van der Waals surface area (Å²) in [6.07, 6.45) is 2.23. The molecular formula is C28H25Cl2N5O4S2. The van der Waals surface area contributed by atoms with Crippen molar-refractivity contribution in [1.29, 1.82) is 0 Å². The lowest BCUT2D eigenvalue weighted by molar-refractivity contribution is 0.0791. The maximum absolute atomic E-state index is 13.1. The number of amides is 1. The molecule has 9 nitrogen and oxygen atoms in total. The van der Waals surface area contributed by atoms with E-state index in [-0.39, 0.29) is 5.91 Å². The fraction of sp³-hybridized carbons (Fsp3) is 0.214. The Morgan fingerprint density at radius 3 is 2.68 bits per heavy atom. The van der Waals surface area contributed by atoms with E-state index < -0.39 is 0 Å². The summed E-state index contributed by atoms with van der Waals surface area (Å²) in [7, 11) is 4.97. The van der Waals surface area contributed by atoms with Gasteiger partial charge in [-0.25, -0.2) is 4.98 Å². The summed E-state index contributed by atoms with van der Waals surface area (Å²) in [6, 6.07) is 14.5. The average molecular weight is 631 g/mol. The third-order valence-electron chi connectivity index (χ3n) is 6.15. The maximum atomic E-state index is 13.1. The molecule has 2 aromatic carbocycles. The zero-order chi connectivity index (χ0) is 28.9. The molecule has 13 heteroatoms. The van der Waals surface area contributed by atoms with Crippen LogP contribution in [0.2, 0.25) is 10.0 Å². The van der Waals surface area contributed by atoms with Crippen molar-refractivity contribution >= 4 is 52.2 Å². The van der Waals surface area contributed by atoms with E-state index in [1.165, 1.54) is 23.1 Å². The van der Waals surface area contributed by atoms with Crippen molar-refractivity contribution in [3.8, 4) is 28.8 Å². The Balaban J connectivity index is 1.27. The van der Waals surface area contributed by atoms with Gasteiger partial charge >= 0.3 is 0 Å². The first-order valence-corrected chi connectivity index (χ1v) is 15.0. The van der Waals surface area contributed by atoms with E-state index in [0.29, 0.717) is 68.4 Å². The molecule has 212 valence electrons. The highest BCUT2D eigenvalue weighted by Crippen LogP contribution is 2.34. The molecule has 0 fully saturated rings. The molecule has 5 aromatic rings. The molecule has 0 unspecified atom stereocenters. The number of aromatic nitrogens is 4. The van der Waals surface area contributed by atoms with Gasteiger partial charge in [-0.15, -0.1) is 21.5 Å². The third-order valence-corrected chi connectivity index (χ3v) is 8.68. The largest absolute Gasteiger partial charge is 0.493 e. The number of methoxy groups -OCH3 is 2. The molecule has 0 radical (unpaired) electrons. The number of carbonyl (C=O) groups is 1. The van der Waals surface area contributed by atoms with Crippen LogP contribution in [0, 0.1) is 0 Å². The van der Waals surface area contributed by atoms with Gasteiger partial charge in [0.25, 0.3) is 5.91 Å². The Labute approximate surface area is 255 Å². The van der Waals surface area contributed by atoms with Crippen LogP contribution >= 0.6 is 46.3 Å². The first-order valence-electron chi connectivity index (χ1n) is 12.4. The van der Waals surface area contributed by atoms with Crippen molar-refractivity contribution in [3.05, 3.63) is 86.5 Å². The van der Waals surface area contributed by atoms with E-state index in [1.54, 1.807) is 72.7 Å². The summed E-state index contributed by atoms with van der Waals surface area (Å²) in [5, 5.41) is 12.9. The molecular weight excluding hydrogens is 605 g/mol. The lowest BCUT2D eigenvalue weighted by Crippen LogP contribution is -2.29. The second-order valence-corrected chi connectivity index (χ2v) is 11.5. The van der Waals surface area contributed by atoms with E-state index in [1.807, 2.05) is 18.2 Å². The fourth-order valence-corrected chi connectivity index (χ4v) is 6.13. The number of thiazole rings is 1. The lowest BCUT2D eigenvalue weighted by atomic mass is 10.1. The molecule has 0 saturated heterocycles. The molecule has 0 aliphatic carbocycles. The molecule has 0 saturated carbocycles. The molecule has 0 bridgehead atoms. The number of furan rings is 1. The normalized spacial score (nSPS) is 11.0. The van der Waals surface area contributed by atoms with Crippen LogP contribution in [0.5, 0.6) is 11.5 Å². The molecule has 0 aliphatic heterocycles. The molecule has 0 spiro atoms. The van der Waals surface area contributed by atoms with Crippen molar-refractivity contribution in [1.82, 2.24) is 24.6 Å². The van der Waals surface area contributed by atoms with E-state index in [4.69, 9.17) is 37.1 Å². The first kappa shape index (κ1) is 29.0. The summed E-state index contributed by atoms with van der Waals surface area (Å²) in [4.78, 5) is 19.3. The second-order valence-electron chi connectivity index (χ2n) is 8.80. The highest BCUT2D eigenvalue weighted by Gasteiger charge is 2.21. The number of hydrogen-bond acceptors (Lipinski definition) is 9. The van der Waals surface area contributed by atoms with Gasteiger partial charge in [0.05, 0.1) is 36.9 Å². The molecule has 1 amide bonds. The summed E-state index contributed by atoms with van der Waals surface area (Å²) in [5.74, 6) is 2.69. The van der Waals surface area contributed by atoms with Gasteiger partial charge in [0.2, 0.25) is 5.82 Å². The van der Waals surface area contributed by atoms with Crippen LogP contribution in [0.25, 0.3) is 17.3 Å². The zero-order valence-electron chi connectivity index (χ0n) is 22.3. The van der Waals surface area contributed by atoms with Crippen LogP contribution in [0.4, 0.5) is 0 Å². The van der Waals surface area contributed by atoms with Crippen LogP contribution in [0.1, 0.15) is 21.1 Å². The number of rotatable bonds is 11. The summed E-state index contributed by atoms with van der Waals surface area (Å²) < 4.78 is 18.1. The quantitative estimate of drug-likeness (QED) is 0.145. The average Bonchev–Trinajstić information content (AvgIpc) is 3.76. The Morgan fingerprint density at radius 1 is 1.10 bits per heavy atom. The first-order chi connectivity index (χ1) is 19.9. The molecule has 0 N–H and O–H groups in total. The number of thioether (sulfide) groups is 1. The minimum atomic E-state index is -0.146. The molecule has 3 heterocycles. The summed E-state index contributed by atoms with van der Waals surface area (Å²) in [5.41, 5.74) is 2.07. The Kier molecular flexibility index (Phi) is 9.19. The van der Waals surface area contributed by atoms with E-state index in [9.17, 15) is 4.79 Å². The Bertz CT molecular complexity index is 1660. The van der Waals surface area contributed by atoms with Crippen LogP contribution in [-0.2, 0) is 12.2 Å². The number of nitrogens with zero attached hydrogens (tertiary/aromatic N) is 5. The van der Waals surface area contributed by atoms with E-state index in [0.717, 1.165) is 10.6 Å². The van der Waals surface area contributed by atoms with Crippen LogP contribution < -0.4 is 9.47 Å². The van der Waals surface area contributed by atoms with Gasteiger partial charge in [-0.2, -0.15) is 0 Å². The van der Waals surface area contributed by atoms with Crippen molar-refractivity contribution in [2.24, 2.45) is 0 Å². The Hall–Kier alpha value is -3.51. The SMILES string of the molecule is COc1ccc(CCN(C)C(=O)c2csc(CSc3nnc(-c4ccco4)n3-c3cc(Cl)ccc3Cl)n2)cc1OC. The highest BCUT2D eigenvalue weighted by molar-refractivity contribution is 7.98. The number of carbonyl (C=O) groups excluding carboxylic acids is 1. The fourth-order valence-electron chi connectivity index (χ4n) is 4.03. The van der Waals surface area contributed by atoms with Gasteiger partial charge in [-0.3, -0.25) is 9.36 Å². The molecule has 5 rings (SSSR count). The predicted octanol–water partition coefficient (Wildman–Crippen LogP) is 6.91. The van der Waals surface area contributed by atoms with Crippen molar-refractivity contribution in [3.63, 3.8) is 0 Å². The standard InChI is InChI=1S/C28H25Cl2N5O4S2/c1-34(11-10-17-6-9-22(37-2)24(13-17)38-3)27(36)20-15-40-25(31-20)16-41-28-33-32-26(23-5-4-12-39-23)35(28)21-14-18(29)7-8-19(21)30/h4-9,12-15H,10-11,16H2,1-3H3. The van der Waals surface area contributed by atoms with Gasteiger partial charge in [-0.1, -0.05) is 41.0 Å². The third kappa shape index (κ3) is 6.54. The minimum absolute atomic E-state index is 0.146. The van der Waals surface area contributed by atoms with E-state index in [2.05, 4.69) is 15.2 Å². The maximum Gasteiger partial charge on any atom is 0.273 e. The number of benzene rings is 2. The molecule has 3 aromatic heterocycles. The van der Waals surface area contributed by atoms with Gasteiger partial charge in [0.15, 0.2) is 22.4 Å². The monoisotopic (exact) mass is 629 g/mol. The smallest absolute Gasteiger partial charge is 0.273 e. The van der Waals surface area contributed by atoms with Crippen LogP contribution in [0.3, 0.4) is 0 Å². The molecule has 0 aliphatic rings. The van der Waals surface area contributed by atoms with E-state index >= 15 is 0 Å². The van der Waals surface area contributed by atoms with Crippen LogP contribution in [0.15, 0.2) is 69.7 Å². The lowest BCUT2D eigenvalue weighted by Gasteiger charge is -2.16. The number of hydrogen-bond donors (Lipinski definition) is 0. The van der Waals surface area contributed by atoms with Crippen LogP contribution in [-0.4, -0.2) is 58.4 Å². The highest BCUT2D eigenvalue weighted by atomic mass is 35.5. The Morgan fingerprint density at radius 2 is 1.93 bits per heavy atom. The summed E-state index contributed by atoms with van der Waals surface area (Å²) in [6.45, 7) is 0.523. The number of halogens is 2. The van der Waals surface area contributed by atoms with Gasteiger partial charge in [0.1, 0.15) is 10.7 Å². The van der Waals surface area contributed by atoms with Gasteiger partial charge in [-0.05, 0) is 54.4 Å². The van der Waals surface area contributed by atoms with Gasteiger partial charge in [0, 0.05) is 24.0 Å². The second kappa shape index (κ2) is 13.0. The zero-order valence-corrected chi connectivity index (χ0v) is 25.5. The molecule has 41 heavy (non-hydrogen) atoms. The summed E-state index contributed by atoms with van der Waals surface area (Å²) >= 11 is 15.7. The number of likely N-dealkylation sites (N-methyl/N-ethyl adjacent to an activating group) is 1. The minimum Gasteiger partial charge on any atom is -0.493 e. The number of ether oxygens (including phenoxy) is 2.